The number of carbonyl (C=O) groups is 1. The lowest BCUT2D eigenvalue weighted by Crippen LogP contribution is -2.36. The lowest BCUT2D eigenvalue weighted by molar-refractivity contribution is 0.0127. The minimum Gasteiger partial charge on any atom is -0.473 e. The van der Waals surface area contributed by atoms with E-state index in [-0.39, 0.29) is 11.7 Å². The highest BCUT2D eigenvalue weighted by Gasteiger charge is 2.27. The van der Waals surface area contributed by atoms with Gasteiger partial charge in [-0.05, 0) is 58.7 Å². The van der Waals surface area contributed by atoms with Gasteiger partial charge < -0.3 is 19.7 Å². The van der Waals surface area contributed by atoms with Crippen molar-refractivity contribution >= 4 is 23.9 Å². The van der Waals surface area contributed by atoms with Crippen molar-refractivity contribution in [3.8, 4) is 5.88 Å². The van der Waals surface area contributed by atoms with Gasteiger partial charge in [0.1, 0.15) is 11.4 Å². The van der Waals surface area contributed by atoms with Crippen LogP contribution in [-0.2, 0) is 10.7 Å². The van der Waals surface area contributed by atoms with Gasteiger partial charge in [0.2, 0.25) is 5.88 Å². The number of carbonyl (C=O) groups excluding carboxylic acids is 1. The van der Waals surface area contributed by atoms with Gasteiger partial charge in [-0.1, -0.05) is 0 Å². The quantitative estimate of drug-likeness (QED) is 0.376. The van der Waals surface area contributed by atoms with Crippen molar-refractivity contribution in [2.24, 2.45) is 4.99 Å². The van der Waals surface area contributed by atoms with Crippen LogP contribution in [0.25, 0.3) is 5.57 Å². The molecule has 0 unspecified atom stereocenters. The van der Waals surface area contributed by atoms with E-state index >= 15 is 0 Å². The van der Waals surface area contributed by atoms with E-state index in [0.717, 1.165) is 24.2 Å². The molecule has 1 fully saturated rings. The standard InChI is InChI=1S/C27H33F2N5O3/c1-17(2)37-26-23(34-9-11-36-12-10-34)14-21(16-32-26)22(19(4)30-6)13-18(3)33-25(35)20-7-8-31-24(15-20)27(5,28)29/h7-8,13-17H,6,9-12H2,1-5H3,(H,33,35)/b18-13+,22-19+. The second kappa shape index (κ2) is 12.1. The van der Waals surface area contributed by atoms with E-state index in [0.29, 0.717) is 49.2 Å². The van der Waals surface area contributed by atoms with Crippen molar-refractivity contribution in [3.63, 3.8) is 0 Å². The summed E-state index contributed by atoms with van der Waals surface area (Å²) in [4.78, 5) is 27.3. The summed E-state index contributed by atoms with van der Waals surface area (Å²) in [6, 6.07) is 4.45. The molecule has 1 N–H and O–H groups in total. The van der Waals surface area contributed by atoms with E-state index in [4.69, 9.17) is 9.47 Å². The van der Waals surface area contributed by atoms with Gasteiger partial charge in [0.25, 0.3) is 11.8 Å². The molecule has 0 saturated carbocycles. The van der Waals surface area contributed by atoms with Crippen molar-refractivity contribution in [1.82, 2.24) is 15.3 Å². The molecule has 10 heteroatoms. The maximum Gasteiger partial charge on any atom is 0.286 e. The number of ether oxygens (including phenoxy) is 2. The second-order valence-electron chi connectivity index (χ2n) is 9.07. The molecule has 0 radical (unpaired) electrons. The lowest BCUT2D eigenvalue weighted by Gasteiger charge is -2.30. The minimum absolute atomic E-state index is 0.0524. The number of amides is 1. The van der Waals surface area contributed by atoms with E-state index in [1.807, 2.05) is 19.9 Å². The zero-order valence-electron chi connectivity index (χ0n) is 21.8. The Morgan fingerprint density at radius 1 is 1.24 bits per heavy atom. The third-order valence-corrected chi connectivity index (χ3v) is 5.61. The number of halogens is 2. The number of pyridine rings is 2. The lowest BCUT2D eigenvalue weighted by atomic mass is 10.0. The molecular weight excluding hydrogens is 480 g/mol. The molecule has 37 heavy (non-hydrogen) atoms. The summed E-state index contributed by atoms with van der Waals surface area (Å²) in [5.41, 5.74) is 3.00. The fourth-order valence-electron chi connectivity index (χ4n) is 3.73. The van der Waals surface area contributed by atoms with Crippen LogP contribution >= 0.6 is 0 Å². The SMILES string of the molecule is C=N/C(C)=C(\C=C(/C)NC(=O)c1ccnc(C(C)(F)F)c1)c1cnc(OC(C)C)c(N2CCOCC2)c1. The first-order valence-corrected chi connectivity index (χ1v) is 12.0. The molecule has 3 heterocycles. The van der Waals surface area contributed by atoms with Crippen molar-refractivity contribution in [3.05, 3.63) is 64.9 Å². The first-order valence-electron chi connectivity index (χ1n) is 12.0. The van der Waals surface area contributed by atoms with Gasteiger partial charge in [-0.15, -0.1) is 0 Å². The van der Waals surface area contributed by atoms with Crippen LogP contribution in [0.1, 0.15) is 56.2 Å². The molecule has 1 aliphatic heterocycles. The Bertz CT molecular complexity index is 1200. The predicted molar refractivity (Wildman–Crippen MR) is 140 cm³/mol. The van der Waals surface area contributed by atoms with Gasteiger partial charge in [0.05, 0.1) is 19.3 Å². The number of hydrogen-bond donors (Lipinski definition) is 1. The predicted octanol–water partition coefficient (Wildman–Crippen LogP) is 4.98. The highest BCUT2D eigenvalue weighted by molar-refractivity contribution is 5.95. The van der Waals surface area contributed by atoms with Crippen LogP contribution in [0.15, 0.2) is 53.1 Å². The van der Waals surface area contributed by atoms with Crippen LogP contribution < -0.4 is 15.0 Å². The average molecular weight is 514 g/mol. The number of hydrogen-bond acceptors (Lipinski definition) is 7. The Morgan fingerprint density at radius 2 is 1.95 bits per heavy atom. The Morgan fingerprint density at radius 3 is 2.57 bits per heavy atom. The van der Waals surface area contributed by atoms with Crippen molar-refractivity contribution in [2.75, 3.05) is 31.2 Å². The number of allylic oxidation sites excluding steroid dienone is 4. The van der Waals surface area contributed by atoms with Gasteiger partial charge in [-0.25, -0.2) is 4.98 Å². The number of anilines is 1. The smallest absolute Gasteiger partial charge is 0.286 e. The Kier molecular flexibility index (Phi) is 9.09. The molecule has 1 amide bonds. The van der Waals surface area contributed by atoms with Gasteiger partial charge in [-0.3, -0.25) is 14.8 Å². The molecule has 0 aliphatic carbocycles. The summed E-state index contributed by atoms with van der Waals surface area (Å²) < 4.78 is 38.8. The third-order valence-electron chi connectivity index (χ3n) is 5.61. The number of aromatic nitrogens is 2. The maximum absolute atomic E-state index is 13.7. The molecule has 2 aromatic rings. The second-order valence-corrected chi connectivity index (χ2v) is 9.07. The molecule has 0 aromatic carbocycles. The molecule has 0 atom stereocenters. The highest BCUT2D eigenvalue weighted by atomic mass is 19.3. The molecule has 198 valence electrons. The normalized spacial score (nSPS) is 15.4. The van der Waals surface area contributed by atoms with Crippen molar-refractivity contribution in [2.45, 2.75) is 46.6 Å². The van der Waals surface area contributed by atoms with Crippen molar-refractivity contribution < 1.29 is 23.0 Å². The first kappa shape index (κ1) is 27.9. The van der Waals surface area contributed by atoms with E-state index in [1.54, 1.807) is 26.1 Å². The van der Waals surface area contributed by atoms with E-state index < -0.39 is 17.5 Å². The monoisotopic (exact) mass is 513 g/mol. The third kappa shape index (κ3) is 7.42. The summed E-state index contributed by atoms with van der Waals surface area (Å²) in [6.07, 6.45) is 4.58. The van der Waals surface area contributed by atoms with E-state index in [9.17, 15) is 13.6 Å². The summed E-state index contributed by atoms with van der Waals surface area (Å²) in [7, 11) is 0. The van der Waals surface area contributed by atoms with Crippen LogP contribution in [-0.4, -0.2) is 55.0 Å². The molecule has 1 saturated heterocycles. The fraction of sp³-hybridized carbons (Fsp3) is 0.407. The number of nitrogens with zero attached hydrogens (tertiary/aromatic N) is 4. The highest BCUT2D eigenvalue weighted by Crippen LogP contribution is 2.33. The van der Waals surface area contributed by atoms with Crippen LogP contribution in [0.4, 0.5) is 14.5 Å². The number of nitrogens with one attached hydrogen (secondary N) is 1. The van der Waals surface area contributed by atoms with Crippen LogP contribution in [0.3, 0.4) is 0 Å². The number of aliphatic imine (C=N–C) groups is 1. The molecule has 3 rings (SSSR count). The summed E-state index contributed by atoms with van der Waals surface area (Å²) in [5.74, 6) is -3.15. The van der Waals surface area contributed by atoms with Gasteiger partial charge in [-0.2, -0.15) is 8.78 Å². The Hall–Kier alpha value is -3.66. The molecule has 8 nitrogen and oxygen atoms in total. The summed E-state index contributed by atoms with van der Waals surface area (Å²) in [5, 5.41) is 2.75. The number of morpholine rings is 1. The zero-order valence-corrected chi connectivity index (χ0v) is 21.8. The minimum atomic E-state index is -3.15. The molecule has 0 spiro atoms. The largest absolute Gasteiger partial charge is 0.473 e. The van der Waals surface area contributed by atoms with Crippen LogP contribution in [0.5, 0.6) is 5.88 Å². The van der Waals surface area contributed by atoms with Gasteiger partial charge >= 0.3 is 0 Å². The molecule has 1 aliphatic rings. The van der Waals surface area contributed by atoms with E-state index in [1.165, 1.54) is 12.3 Å². The van der Waals surface area contributed by atoms with Crippen molar-refractivity contribution in [1.29, 1.82) is 0 Å². The molecular formula is C27H33F2N5O3. The average Bonchev–Trinajstić information content (AvgIpc) is 2.87. The molecule has 2 aromatic heterocycles. The van der Waals surface area contributed by atoms with Gasteiger partial charge in [0, 0.05) is 60.5 Å². The van der Waals surface area contributed by atoms with E-state index in [2.05, 4.69) is 31.9 Å². The topological polar surface area (TPSA) is 88.9 Å². The fourth-order valence-corrected chi connectivity index (χ4v) is 3.73. The maximum atomic E-state index is 13.7. The van der Waals surface area contributed by atoms with Crippen LogP contribution in [0, 0.1) is 0 Å². The van der Waals surface area contributed by atoms with Crippen LogP contribution in [0.2, 0.25) is 0 Å². The van der Waals surface area contributed by atoms with Gasteiger partial charge in [0.15, 0.2) is 0 Å². The molecule has 0 bridgehead atoms. The number of rotatable bonds is 9. The first-order chi connectivity index (χ1) is 17.5. The Balaban J connectivity index is 1.94. The Labute approximate surface area is 216 Å². The zero-order chi connectivity index (χ0) is 27.2. The summed E-state index contributed by atoms with van der Waals surface area (Å²) >= 11 is 0. The summed E-state index contributed by atoms with van der Waals surface area (Å²) in [6.45, 7) is 14.4. The number of alkyl halides is 2.